The van der Waals surface area contributed by atoms with Crippen molar-refractivity contribution in [3.8, 4) is 22.8 Å². The van der Waals surface area contributed by atoms with Gasteiger partial charge in [-0.25, -0.2) is 9.78 Å². The summed E-state index contributed by atoms with van der Waals surface area (Å²) in [6.07, 6.45) is 2.71. The van der Waals surface area contributed by atoms with Gasteiger partial charge in [0.1, 0.15) is 29.1 Å². The topological polar surface area (TPSA) is 112 Å². The van der Waals surface area contributed by atoms with E-state index in [1.165, 1.54) is 6.07 Å². The van der Waals surface area contributed by atoms with Crippen LogP contribution in [0.1, 0.15) is 21.6 Å². The average Bonchev–Trinajstić information content (AvgIpc) is 3.13. The van der Waals surface area contributed by atoms with E-state index < -0.39 is 6.04 Å². The summed E-state index contributed by atoms with van der Waals surface area (Å²) in [7, 11) is 0. The third-order valence-corrected chi connectivity index (χ3v) is 5.78. The van der Waals surface area contributed by atoms with E-state index >= 15 is 0 Å². The quantitative estimate of drug-likeness (QED) is 0.216. The van der Waals surface area contributed by atoms with E-state index in [2.05, 4.69) is 5.32 Å². The predicted molar refractivity (Wildman–Crippen MR) is 125 cm³/mol. The highest BCUT2D eigenvalue weighted by atomic mass is 16.3. The molecule has 1 unspecified atom stereocenters. The number of phenols is 2. The summed E-state index contributed by atoms with van der Waals surface area (Å²) in [6.45, 7) is 0. The van der Waals surface area contributed by atoms with Crippen LogP contribution in [-0.2, 0) is 12.8 Å². The van der Waals surface area contributed by atoms with E-state index in [4.69, 9.17) is 10.7 Å². The summed E-state index contributed by atoms with van der Waals surface area (Å²) >= 11 is 0. The number of aromatic nitrogens is 2. The molecule has 1 aliphatic heterocycles. The molecule has 1 atom stereocenters. The maximum absolute atomic E-state index is 13.3. The number of carbonyl (C=O) groups excluding carboxylic acids is 1. The van der Waals surface area contributed by atoms with Crippen LogP contribution in [-0.4, -0.2) is 27.1 Å². The fourth-order valence-corrected chi connectivity index (χ4v) is 4.06. The van der Waals surface area contributed by atoms with Crippen LogP contribution in [0.2, 0.25) is 0 Å². The Bertz CT molecular complexity index is 1340. The van der Waals surface area contributed by atoms with E-state index in [0.717, 1.165) is 22.4 Å². The fraction of sp³-hybridized carbons (Fsp3) is 0.115. The molecule has 2 heterocycles. The van der Waals surface area contributed by atoms with Crippen molar-refractivity contribution in [2.24, 2.45) is 0 Å². The van der Waals surface area contributed by atoms with Crippen LogP contribution < -0.4 is 15.6 Å². The van der Waals surface area contributed by atoms with Crippen LogP contribution in [0.25, 0.3) is 11.3 Å². The molecule has 0 aliphatic carbocycles. The van der Waals surface area contributed by atoms with Crippen molar-refractivity contribution >= 4 is 17.4 Å². The van der Waals surface area contributed by atoms with Crippen LogP contribution in [0.3, 0.4) is 0 Å². The molecule has 1 aromatic heterocycles. The SMILES string of the molecule is Nc1cc(CC2Nc3c(Cc4ccccc4)nc(-c4ccc(O)cc4)c[n+]3C2=O)ccc1O. The van der Waals surface area contributed by atoms with Crippen LogP contribution in [0, 0.1) is 0 Å². The molecular formula is C26H23N4O3+. The zero-order valence-electron chi connectivity index (χ0n) is 17.8. The van der Waals surface area contributed by atoms with Crippen molar-refractivity contribution in [2.45, 2.75) is 18.9 Å². The van der Waals surface area contributed by atoms with Gasteiger partial charge in [-0.15, -0.1) is 0 Å². The number of phenolic OH excluding ortho intramolecular Hbond substituents is 2. The number of benzene rings is 3. The lowest BCUT2D eigenvalue weighted by molar-refractivity contribution is -0.552. The minimum absolute atomic E-state index is 0.0232. The average molecular weight is 439 g/mol. The van der Waals surface area contributed by atoms with Gasteiger partial charge >= 0.3 is 11.7 Å². The molecule has 3 aromatic carbocycles. The highest BCUT2D eigenvalue weighted by Crippen LogP contribution is 2.27. The van der Waals surface area contributed by atoms with Crippen LogP contribution >= 0.6 is 0 Å². The molecular weight excluding hydrogens is 416 g/mol. The first-order valence-electron chi connectivity index (χ1n) is 10.6. The lowest BCUT2D eigenvalue weighted by Crippen LogP contribution is -2.44. The van der Waals surface area contributed by atoms with Crippen molar-refractivity contribution in [1.29, 1.82) is 0 Å². The summed E-state index contributed by atoms with van der Waals surface area (Å²) in [6, 6.07) is 21.2. The fourth-order valence-electron chi connectivity index (χ4n) is 4.06. The van der Waals surface area contributed by atoms with E-state index in [-0.39, 0.29) is 23.1 Å². The number of rotatable bonds is 5. The highest BCUT2D eigenvalue weighted by molar-refractivity contribution is 5.83. The van der Waals surface area contributed by atoms with E-state index in [1.807, 2.05) is 30.3 Å². The Morgan fingerprint density at radius 1 is 0.970 bits per heavy atom. The molecule has 0 saturated heterocycles. The van der Waals surface area contributed by atoms with Gasteiger partial charge in [0.2, 0.25) is 0 Å². The Labute approximate surface area is 190 Å². The van der Waals surface area contributed by atoms with E-state index in [0.29, 0.717) is 24.4 Å². The number of anilines is 2. The third-order valence-electron chi connectivity index (χ3n) is 5.78. The molecule has 7 heteroatoms. The zero-order chi connectivity index (χ0) is 22.9. The predicted octanol–water partition coefficient (Wildman–Crippen LogP) is 3.30. The summed E-state index contributed by atoms with van der Waals surface area (Å²) in [5.41, 5.74) is 10.3. The van der Waals surface area contributed by atoms with E-state index in [1.54, 1.807) is 47.2 Å². The second-order valence-corrected chi connectivity index (χ2v) is 8.13. The number of nitrogens with one attached hydrogen (secondary N) is 1. The normalized spacial score (nSPS) is 14.7. The first-order valence-corrected chi connectivity index (χ1v) is 10.6. The largest absolute Gasteiger partial charge is 0.508 e. The second kappa shape index (κ2) is 8.27. The van der Waals surface area contributed by atoms with Gasteiger partial charge in [-0.3, -0.25) is 5.32 Å². The molecule has 0 saturated carbocycles. The monoisotopic (exact) mass is 439 g/mol. The molecule has 5 N–H and O–H groups in total. The Balaban J connectivity index is 1.53. The first-order chi connectivity index (χ1) is 16.0. The maximum Gasteiger partial charge on any atom is 0.359 e. The van der Waals surface area contributed by atoms with Crippen LogP contribution in [0.5, 0.6) is 11.5 Å². The number of fused-ring (bicyclic) bond motifs is 1. The van der Waals surface area contributed by atoms with Gasteiger partial charge in [-0.1, -0.05) is 36.4 Å². The molecule has 7 nitrogen and oxygen atoms in total. The number of hydrogen-bond donors (Lipinski definition) is 4. The standard InChI is InChI=1S/C26H22N4O3/c27-20-12-17(6-11-24(20)32)14-22-26(33)30-15-23(18-7-9-19(31)10-8-18)28-21(25(30)29-22)13-16-4-2-1-3-5-16/h1-12,15,22H,13-14H2,(H4,27,28,29,31,32)/p+1. The summed E-state index contributed by atoms with van der Waals surface area (Å²) in [5, 5.41) is 22.7. The van der Waals surface area contributed by atoms with Gasteiger partial charge in [0, 0.05) is 18.4 Å². The van der Waals surface area contributed by atoms with Crippen molar-refractivity contribution < 1.29 is 19.6 Å². The molecule has 164 valence electrons. The van der Waals surface area contributed by atoms with Crippen LogP contribution in [0.15, 0.2) is 79.0 Å². The Hall–Kier alpha value is -4.39. The highest BCUT2D eigenvalue weighted by Gasteiger charge is 2.41. The number of aromatic hydroxyl groups is 2. The lowest BCUT2D eigenvalue weighted by Gasteiger charge is -2.07. The lowest BCUT2D eigenvalue weighted by atomic mass is 10.0. The van der Waals surface area contributed by atoms with Crippen molar-refractivity contribution in [2.75, 3.05) is 11.1 Å². The minimum Gasteiger partial charge on any atom is -0.508 e. The van der Waals surface area contributed by atoms with Gasteiger partial charge in [-0.05, 0) is 47.5 Å². The molecule has 0 spiro atoms. The van der Waals surface area contributed by atoms with Crippen molar-refractivity contribution in [1.82, 2.24) is 4.98 Å². The Kier molecular flexibility index (Phi) is 5.14. The molecule has 0 radical (unpaired) electrons. The molecule has 0 bridgehead atoms. The molecule has 4 aromatic rings. The van der Waals surface area contributed by atoms with Gasteiger partial charge < -0.3 is 15.9 Å². The van der Waals surface area contributed by atoms with Gasteiger partial charge in [0.25, 0.3) is 0 Å². The van der Waals surface area contributed by atoms with Crippen molar-refractivity contribution in [3.05, 3.63) is 95.8 Å². The zero-order valence-corrected chi connectivity index (χ0v) is 17.8. The molecule has 1 aliphatic rings. The first kappa shape index (κ1) is 20.5. The van der Waals surface area contributed by atoms with Crippen molar-refractivity contribution in [3.63, 3.8) is 0 Å². The Morgan fingerprint density at radius 3 is 2.45 bits per heavy atom. The number of hydrogen-bond acceptors (Lipinski definition) is 6. The van der Waals surface area contributed by atoms with Gasteiger partial charge in [0.05, 0.1) is 5.69 Å². The molecule has 33 heavy (non-hydrogen) atoms. The van der Waals surface area contributed by atoms with Crippen LogP contribution in [0.4, 0.5) is 11.5 Å². The van der Waals surface area contributed by atoms with Gasteiger partial charge in [-0.2, -0.15) is 4.57 Å². The smallest absolute Gasteiger partial charge is 0.359 e. The van der Waals surface area contributed by atoms with E-state index in [9.17, 15) is 15.0 Å². The van der Waals surface area contributed by atoms with Gasteiger partial charge in [0.15, 0.2) is 6.04 Å². The number of nitrogens with two attached hydrogens (primary N) is 1. The summed E-state index contributed by atoms with van der Waals surface area (Å²) < 4.78 is 1.63. The molecule has 0 amide bonds. The second-order valence-electron chi connectivity index (χ2n) is 8.13. The summed E-state index contributed by atoms with van der Waals surface area (Å²) in [5.74, 6) is 0.773. The molecule has 5 rings (SSSR count). The Morgan fingerprint density at radius 2 is 1.73 bits per heavy atom. The maximum atomic E-state index is 13.3. The summed E-state index contributed by atoms with van der Waals surface area (Å²) in [4.78, 5) is 18.2. The minimum atomic E-state index is -0.486. The number of carbonyl (C=O) groups is 1. The number of nitrogen functional groups attached to an aromatic ring is 1. The number of nitrogens with zero attached hydrogens (tertiary/aromatic N) is 2. The molecule has 0 fully saturated rings. The third kappa shape index (κ3) is 4.08.